The van der Waals surface area contributed by atoms with E-state index in [-0.39, 0.29) is 5.91 Å². The second-order valence-corrected chi connectivity index (χ2v) is 7.78. The summed E-state index contributed by atoms with van der Waals surface area (Å²) in [5.41, 5.74) is 1.80. The van der Waals surface area contributed by atoms with Gasteiger partial charge in [-0.15, -0.1) is 0 Å². The summed E-state index contributed by atoms with van der Waals surface area (Å²) in [7, 11) is -3.46. The first-order valence-electron chi connectivity index (χ1n) is 8.39. The summed E-state index contributed by atoms with van der Waals surface area (Å²) in [6.45, 7) is 7.51. The Bertz CT molecular complexity index is 664. The number of fused-ring (bicyclic) bond motifs is 1. The number of hydrogen-bond donors (Lipinski definition) is 0. The summed E-state index contributed by atoms with van der Waals surface area (Å²) >= 11 is 0. The molecule has 23 heavy (non-hydrogen) atoms. The number of benzene rings is 1. The highest BCUT2D eigenvalue weighted by Crippen LogP contribution is 2.31. The third-order valence-corrected chi connectivity index (χ3v) is 6.03. The number of nitrogens with zero attached hydrogens (tertiary/aromatic N) is 2. The standard InChI is InChI=1S/C17H26N2O3S/c1-4-10-18(11-5-2)23(21,22)15-7-8-16-14(13-15)9-12-19(16)17(20)6-3/h7-8,13H,4-6,9-12H2,1-3H3. The van der Waals surface area contributed by atoms with E-state index in [0.717, 1.165) is 24.1 Å². The van der Waals surface area contributed by atoms with Crippen LogP contribution in [0.5, 0.6) is 0 Å². The van der Waals surface area contributed by atoms with E-state index in [4.69, 9.17) is 0 Å². The maximum Gasteiger partial charge on any atom is 0.243 e. The van der Waals surface area contributed by atoms with Gasteiger partial charge in [-0.2, -0.15) is 4.31 Å². The Morgan fingerprint density at radius 2 is 1.83 bits per heavy atom. The van der Waals surface area contributed by atoms with E-state index in [1.807, 2.05) is 20.8 Å². The van der Waals surface area contributed by atoms with Crippen molar-refractivity contribution in [1.82, 2.24) is 4.31 Å². The molecule has 0 fully saturated rings. The number of sulfonamides is 1. The maximum absolute atomic E-state index is 12.8. The molecule has 0 bridgehead atoms. The number of carbonyl (C=O) groups is 1. The van der Waals surface area contributed by atoms with Crippen LogP contribution in [0.2, 0.25) is 0 Å². The minimum Gasteiger partial charge on any atom is -0.312 e. The molecule has 5 nitrogen and oxygen atoms in total. The Morgan fingerprint density at radius 1 is 1.17 bits per heavy atom. The summed E-state index contributed by atoms with van der Waals surface area (Å²) in [6.07, 6.45) is 2.76. The van der Waals surface area contributed by atoms with Crippen molar-refractivity contribution in [3.8, 4) is 0 Å². The number of amides is 1. The second-order valence-electron chi connectivity index (χ2n) is 5.84. The first-order chi connectivity index (χ1) is 11.0. The molecule has 6 heteroatoms. The molecule has 1 aliphatic rings. The van der Waals surface area contributed by atoms with E-state index in [9.17, 15) is 13.2 Å². The molecule has 1 aliphatic heterocycles. The van der Waals surface area contributed by atoms with Gasteiger partial charge in [0, 0.05) is 31.7 Å². The van der Waals surface area contributed by atoms with Crippen LogP contribution in [0.1, 0.15) is 45.6 Å². The van der Waals surface area contributed by atoms with Gasteiger partial charge in [-0.3, -0.25) is 4.79 Å². The van der Waals surface area contributed by atoms with Crippen molar-refractivity contribution in [2.24, 2.45) is 0 Å². The van der Waals surface area contributed by atoms with Crippen LogP contribution in [0.25, 0.3) is 0 Å². The van der Waals surface area contributed by atoms with Crippen molar-refractivity contribution in [3.63, 3.8) is 0 Å². The van der Waals surface area contributed by atoms with Gasteiger partial charge in [0.2, 0.25) is 15.9 Å². The van der Waals surface area contributed by atoms with Crippen LogP contribution in [-0.2, 0) is 21.2 Å². The highest BCUT2D eigenvalue weighted by molar-refractivity contribution is 7.89. The van der Waals surface area contributed by atoms with Gasteiger partial charge in [-0.05, 0) is 43.0 Å². The smallest absolute Gasteiger partial charge is 0.243 e. The Kier molecular flexibility index (Phi) is 5.81. The fourth-order valence-electron chi connectivity index (χ4n) is 2.99. The molecule has 0 aliphatic carbocycles. The van der Waals surface area contributed by atoms with Gasteiger partial charge in [-0.25, -0.2) is 8.42 Å². The lowest BCUT2D eigenvalue weighted by Gasteiger charge is -2.22. The molecule has 0 saturated heterocycles. The molecule has 1 heterocycles. The predicted molar refractivity (Wildman–Crippen MR) is 92.1 cm³/mol. The van der Waals surface area contributed by atoms with Crippen LogP contribution in [0.4, 0.5) is 5.69 Å². The van der Waals surface area contributed by atoms with Crippen LogP contribution in [0.15, 0.2) is 23.1 Å². The molecule has 1 amide bonds. The van der Waals surface area contributed by atoms with Crippen LogP contribution in [0, 0.1) is 0 Å². The van der Waals surface area contributed by atoms with Crippen molar-refractivity contribution < 1.29 is 13.2 Å². The quantitative estimate of drug-likeness (QED) is 0.768. The molecule has 0 N–H and O–H groups in total. The first kappa shape index (κ1) is 17.9. The van der Waals surface area contributed by atoms with Crippen LogP contribution in [-0.4, -0.2) is 38.3 Å². The zero-order valence-electron chi connectivity index (χ0n) is 14.2. The van der Waals surface area contributed by atoms with Crippen LogP contribution >= 0.6 is 0 Å². The Morgan fingerprint density at radius 3 is 2.39 bits per heavy atom. The van der Waals surface area contributed by atoms with E-state index >= 15 is 0 Å². The highest BCUT2D eigenvalue weighted by atomic mass is 32.2. The van der Waals surface area contributed by atoms with E-state index in [0.29, 0.717) is 37.4 Å². The summed E-state index contributed by atoms with van der Waals surface area (Å²) in [6, 6.07) is 5.15. The van der Waals surface area contributed by atoms with Crippen molar-refractivity contribution in [2.45, 2.75) is 51.3 Å². The highest BCUT2D eigenvalue weighted by Gasteiger charge is 2.28. The molecule has 1 aromatic carbocycles. The summed E-state index contributed by atoms with van der Waals surface area (Å²) < 4.78 is 27.2. The largest absolute Gasteiger partial charge is 0.312 e. The summed E-state index contributed by atoms with van der Waals surface area (Å²) in [5.74, 6) is 0.0814. The Labute approximate surface area is 139 Å². The normalized spacial score (nSPS) is 14.3. The van der Waals surface area contributed by atoms with Crippen molar-refractivity contribution in [3.05, 3.63) is 23.8 Å². The fourth-order valence-corrected chi connectivity index (χ4v) is 4.66. The molecule has 0 spiro atoms. The number of rotatable bonds is 7. The zero-order chi connectivity index (χ0) is 17.0. The minimum absolute atomic E-state index is 0.0814. The van der Waals surface area contributed by atoms with Crippen LogP contribution in [0.3, 0.4) is 0 Å². The molecule has 1 aromatic rings. The molecule has 0 unspecified atom stereocenters. The average Bonchev–Trinajstić information content (AvgIpc) is 2.97. The van der Waals surface area contributed by atoms with Gasteiger partial charge in [0.25, 0.3) is 0 Å². The lowest BCUT2D eigenvalue weighted by atomic mass is 10.2. The second kappa shape index (κ2) is 7.45. The van der Waals surface area contributed by atoms with Crippen LogP contribution < -0.4 is 4.90 Å². The Hall–Kier alpha value is -1.40. The van der Waals surface area contributed by atoms with Gasteiger partial charge in [0.05, 0.1) is 4.90 Å². The topological polar surface area (TPSA) is 57.7 Å². The molecule has 0 atom stereocenters. The zero-order valence-corrected chi connectivity index (χ0v) is 15.0. The lowest BCUT2D eigenvalue weighted by Crippen LogP contribution is -2.32. The number of hydrogen-bond acceptors (Lipinski definition) is 3. The van der Waals surface area contributed by atoms with Gasteiger partial charge in [0.1, 0.15) is 0 Å². The number of carbonyl (C=O) groups excluding carboxylic acids is 1. The SMILES string of the molecule is CCCN(CCC)S(=O)(=O)c1ccc2c(c1)CCN2C(=O)CC. The van der Waals surface area contributed by atoms with Gasteiger partial charge in [0.15, 0.2) is 0 Å². The molecular formula is C17H26N2O3S. The minimum atomic E-state index is -3.46. The molecule has 0 aromatic heterocycles. The van der Waals surface area contributed by atoms with Gasteiger partial charge in [-0.1, -0.05) is 20.8 Å². The van der Waals surface area contributed by atoms with E-state index in [1.54, 1.807) is 27.4 Å². The predicted octanol–water partition coefficient (Wildman–Crippen LogP) is 2.80. The molecule has 0 saturated carbocycles. The monoisotopic (exact) mass is 338 g/mol. The van der Waals surface area contributed by atoms with Crippen molar-refractivity contribution in [1.29, 1.82) is 0 Å². The maximum atomic E-state index is 12.8. The summed E-state index contributed by atoms with van der Waals surface area (Å²) in [4.78, 5) is 14.0. The fraction of sp³-hybridized carbons (Fsp3) is 0.588. The lowest BCUT2D eigenvalue weighted by molar-refractivity contribution is -0.118. The van der Waals surface area contributed by atoms with E-state index in [2.05, 4.69) is 0 Å². The average molecular weight is 338 g/mol. The van der Waals surface area contributed by atoms with Crippen molar-refractivity contribution in [2.75, 3.05) is 24.5 Å². The molecular weight excluding hydrogens is 312 g/mol. The van der Waals surface area contributed by atoms with Crippen molar-refractivity contribution >= 4 is 21.6 Å². The number of anilines is 1. The molecule has 2 rings (SSSR count). The molecule has 128 valence electrons. The molecule has 0 radical (unpaired) electrons. The summed E-state index contributed by atoms with van der Waals surface area (Å²) in [5, 5.41) is 0. The Balaban J connectivity index is 2.33. The third-order valence-electron chi connectivity index (χ3n) is 4.13. The third kappa shape index (κ3) is 3.58. The van der Waals surface area contributed by atoms with E-state index < -0.39 is 10.0 Å². The first-order valence-corrected chi connectivity index (χ1v) is 9.83. The van der Waals surface area contributed by atoms with E-state index in [1.165, 1.54) is 0 Å². The van der Waals surface area contributed by atoms with Gasteiger partial charge >= 0.3 is 0 Å². The van der Waals surface area contributed by atoms with Gasteiger partial charge < -0.3 is 4.90 Å².